The Morgan fingerprint density at radius 2 is 1.80 bits per heavy atom. The quantitative estimate of drug-likeness (QED) is 0.739. The maximum Gasteiger partial charge on any atom is 0.321 e. The van der Waals surface area contributed by atoms with Gasteiger partial charge in [-0.05, 0) is 42.5 Å². The fourth-order valence-electron chi connectivity index (χ4n) is 2.39. The van der Waals surface area contributed by atoms with E-state index in [4.69, 9.17) is 4.74 Å². The van der Waals surface area contributed by atoms with Crippen molar-refractivity contribution in [3.63, 3.8) is 0 Å². The van der Waals surface area contributed by atoms with Gasteiger partial charge in [-0.25, -0.2) is 4.79 Å². The molecule has 0 saturated carbocycles. The Bertz CT molecular complexity index is 801. The zero-order valence-corrected chi connectivity index (χ0v) is 14.1. The number of likely N-dealkylation sites (N-methyl/N-ethyl adjacent to an activating group) is 1. The van der Waals surface area contributed by atoms with Crippen LogP contribution in [-0.4, -0.2) is 35.7 Å². The number of para-hydroxylation sites is 1. The molecule has 3 aromatic rings. The molecule has 1 heterocycles. The van der Waals surface area contributed by atoms with E-state index in [9.17, 15) is 4.79 Å². The SMILES string of the molecule is CN(CCOc1ccccc1)C(=O)Nc1cccc(-n2cccc2)c1. The van der Waals surface area contributed by atoms with E-state index < -0.39 is 0 Å². The van der Waals surface area contributed by atoms with Gasteiger partial charge in [-0.1, -0.05) is 24.3 Å². The van der Waals surface area contributed by atoms with Gasteiger partial charge in [-0.2, -0.15) is 0 Å². The summed E-state index contributed by atoms with van der Waals surface area (Å²) in [6.45, 7) is 0.940. The van der Waals surface area contributed by atoms with Crippen molar-refractivity contribution in [2.24, 2.45) is 0 Å². The molecule has 2 amide bonds. The van der Waals surface area contributed by atoms with Crippen LogP contribution in [0.4, 0.5) is 10.5 Å². The minimum absolute atomic E-state index is 0.165. The van der Waals surface area contributed by atoms with Crippen molar-refractivity contribution >= 4 is 11.7 Å². The Morgan fingerprint density at radius 1 is 1.04 bits per heavy atom. The number of hydrogen-bond donors (Lipinski definition) is 1. The molecule has 0 spiro atoms. The van der Waals surface area contributed by atoms with Crippen LogP contribution in [0.2, 0.25) is 0 Å². The van der Waals surface area contributed by atoms with Crippen LogP contribution in [0.1, 0.15) is 0 Å². The van der Waals surface area contributed by atoms with E-state index in [1.165, 1.54) is 0 Å². The van der Waals surface area contributed by atoms with E-state index in [2.05, 4.69) is 5.32 Å². The predicted octanol–water partition coefficient (Wildman–Crippen LogP) is 4.02. The zero-order valence-electron chi connectivity index (χ0n) is 14.1. The van der Waals surface area contributed by atoms with Gasteiger partial charge in [0, 0.05) is 30.8 Å². The lowest BCUT2D eigenvalue weighted by atomic mass is 10.2. The largest absolute Gasteiger partial charge is 0.492 e. The highest BCUT2D eigenvalue weighted by Crippen LogP contribution is 2.15. The molecule has 1 aromatic heterocycles. The molecule has 128 valence electrons. The molecule has 0 radical (unpaired) electrons. The summed E-state index contributed by atoms with van der Waals surface area (Å²) in [5, 5.41) is 2.91. The van der Waals surface area contributed by atoms with Crippen LogP contribution in [-0.2, 0) is 0 Å². The summed E-state index contributed by atoms with van der Waals surface area (Å²) in [4.78, 5) is 13.9. The van der Waals surface area contributed by atoms with Crippen LogP contribution in [0.3, 0.4) is 0 Å². The molecular formula is C20H21N3O2. The molecule has 5 nitrogen and oxygen atoms in total. The maximum atomic E-state index is 12.3. The van der Waals surface area contributed by atoms with Crippen molar-refractivity contribution in [3.05, 3.63) is 79.1 Å². The minimum atomic E-state index is -0.165. The molecule has 0 aliphatic rings. The summed E-state index contributed by atoms with van der Waals surface area (Å²) in [5.74, 6) is 0.802. The second kappa shape index (κ2) is 8.06. The van der Waals surface area contributed by atoms with E-state index in [1.807, 2.05) is 83.7 Å². The molecule has 5 heteroatoms. The Morgan fingerprint density at radius 3 is 2.56 bits per heavy atom. The summed E-state index contributed by atoms with van der Waals surface area (Å²) < 4.78 is 7.61. The average Bonchev–Trinajstić information content (AvgIpc) is 3.17. The number of carbonyl (C=O) groups is 1. The van der Waals surface area contributed by atoms with Crippen molar-refractivity contribution in [2.45, 2.75) is 0 Å². The molecule has 3 rings (SSSR count). The molecule has 0 fully saturated rings. The first-order valence-corrected chi connectivity index (χ1v) is 8.16. The first kappa shape index (κ1) is 16.6. The normalized spacial score (nSPS) is 10.3. The molecule has 2 aromatic carbocycles. The average molecular weight is 335 g/mol. The standard InChI is InChI=1S/C20H21N3O2/c1-22(14-15-25-19-10-3-2-4-11-19)20(24)21-17-8-7-9-18(16-17)23-12-5-6-13-23/h2-13,16H,14-15H2,1H3,(H,21,24). The van der Waals surface area contributed by atoms with Gasteiger partial charge in [0.15, 0.2) is 0 Å². The summed E-state index contributed by atoms with van der Waals surface area (Å²) in [6.07, 6.45) is 3.93. The van der Waals surface area contributed by atoms with Gasteiger partial charge in [0.05, 0.1) is 6.54 Å². The van der Waals surface area contributed by atoms with E-state index in [0.29, 0.717) is 13.2 Å². The lowest BCUT2D eigenvalue weighted by Gasteiger charge is -2.18. The topological polar surface area (TPSA) is 46.5 Å². The number of anilines is 1. The fraction of sp³-hybridized carbons (Fsp3) is 0.150. The van der Waals surface area contributed by atoms with Gasteiger partial charge in [-0.15, -0.1) is 0 Å². The number of nitrogens with zero attached hydrogens (tertiary/aromatic N) is 2. The number of carbonyl (C=O) groups excluding carboxylic acids is 1. The molecular weight excluding hydrogens is 314 g/mol. The van der Waals surface area contributed by atoms with E-state index in [0.717, 1.165) is 17.1 Å². The van der Waals surface area contributed by atoms with Gasteiger partial charge >= 0.3 is 6.03 Å². The van der Waals surface area contributed by atoms with E-state index in [-0.39, 0.29) is 6.03 Å². The van der Waals surface area contributed by atoms with Crippen molar-refractivity contribution in [2.75, 3.05) is 25.5 Å². The van der Waals surface area contributed by atoms with E-state index in [1.54, 1.807) is 11.9 Å². The first-order valence-electron chi connectivity index (χ1n) is 8.16. The third-order valence-corrected chi connectivity index (χ3v) is 3.79. The van der Waals surface area contributed by atoms with Crippen LogP contribution < -0.4 is 10.1 Å². The molecule has 0 aliphatic carbocycles. The Hall–Kier alpha value is -3.21. The molecule has 0 aliphatic heterocycles. The monoisotopic (exact) mass is 335 g/mol. The molecule has 25 heavy (non-hydrogen) atoms. The van der Waals surface area contributed by atoms with Gasteiger partial charge in [0.1, 0.15) is 12.4 Å². The number of ether oxygens (including phenoxy) is 1. The second-order valence-electron chi connectivity index (χ2n) is 5.65. The van der Waals surface area contributed by atoms with Crippen molar-refractivity contribution in [1.29, 1.82) is 0 Å². The Labute approximate surface area is 147 Å². The number of hydrogen-bond acceptors (Lipinski definition) is 2. The summed E-state index contributed by atoms with van der Waals surface area (Å²) in [5.41, 5.74) is 1.75. The number of aromatic nitrogens is 1. The summed E-state index contributed by atoms with van der Waals surface area (Å²) >= 11 is 0. The van der Waals surface area contributed by atoms with Crippen molar-refractivity contribution in [1.82, 2.24) is 9.47 Å². The summed E-state index contributed by atoms with van der Waals surface area (Å²) in [7, 11) is 1.75. The smallest absolute Gasteiger partial charge is 0.321 e. The van der Waals surface area contributed by atoms with Crippen LogP contribution in [0.5, 0.6) is 5.75 Å². The van der Waals surface area contributed by atoms with Gasteiger partial charge < -0.3 is 19.5 Å². The van der Waals surface area contributed by atoms with Gasteiger partial charge in [0.25, 0.3) is 0 Å². The molecule has 0 bridgehead atoms. The van der Waals surface area contributed by atoms with Gasteiger partial charge in [-0.3, -0.25) is 0 Å². The van der Waals surface area contributed by atoms with Crippen LogP contribution in [0.15, 0.2) is 79.1 Å². The second-order valence-corrected chi connectivity index (χ2v) is 5.65. The van der Waals surface area contributed by atoms with E-state index >= 15 is 0 Å². The highest BCUT2D eigenvalue weighted by Gasteiger charge is 2.09. The number of rotatable bonds is 6. The number of nitrogens with one attached hydrogen (secondary N) is 1. The molecule has 0 saturated heterocycles. The zero-order chi connectivity index (χ0) is 17.5. The third kappa shape index (κ3) is 4.64. The Kier molecular flexibility index (Phi) is 5.36. The lowest BCUT2D eigenvalue weighted by molar-refractivity contribution is 0.207. The fourth-order valence-corrected chi connectivity index (χ4v) is 2.39. The molecule has 0 atom stereocenters. The highest BCUT2D eigenvalue weighted by atomic mass is 16.5. The van der Waals surface area contributed by atoms with Crippen LogP contribution >= 0.6 is 0 Å². The van der Waals surface area contributed by atoms with Crippen molar-refractivity contribution in [3.8, 4) is 11.4 Å². The number of amides is 2. The Balaban J connectivity index is 1.52. The van der Waals surface area contributed by atoms with Crippen molar-refractivity contribution < 1.29 is 9.53 Å². The van der Waals surface area contributed by atoms with Gasteiger partial charge in [0.2, 0.25) is 0 Å². The molecule has 1 N–H and O–H groups in total. The summed E-state index contributed by atoms with van der Waals surface area (Å²) in [6, 6.07) is 21.1. The number of benzene rings is 2. The maximum absolute atomic E-state index is 12.3. The lowest BCUT2D eigenvalue weighted by Crippen LogP contribution is -2.34. The third-order valence-electron chi connectivity index (χ3n) is 3.79. The van der Waals surface area contributed by atoms with Crippen LogP contribution in [0.25, 0.3) is 5.69 Å². The number of urea groups is 1. The highest BCUT2D eigenvalue weighted by molar-refractivity contribution is 5.89. The minimum Gasteiger partial charge on any atom is -0.492 e. The van der Waals surface area contributed by atoms with Crippen LogP contribution in [0, 0.1) is 0 Å². The molecule has 0 unspecified atom stereocenters. The first-order chi connectivity index (χ1) is 12.2. The predicted molar refractivity (Wildman–Crippen MR) is 99.4 cm³/mol.